The second kappa shape index (κ2) is 7.58. The van der Waals surface area contributed by atoms with Crippen molar-refractivity contribution in [1.82, 2.24) is 5.32 Å². The minimum absolute atomic E-state index is 0.0215. The molecular formula is C12H14ClN3O5. The highest BCUT2D eigenvalue weighted by molar-refractivity contribution is 6.33. The SMILES string of the molecule is NC(=O)C(O)CNCC(=O)Nc1cc(C(=O)O)ccc1Cl. The number of primary amides is 1. The van der Waals surface area contributed by atoms with Crippen LogP contribution < -0.4 is 16.4 Å². The number of aliphatic hydroxyl groups excluding tert-OH is 1. The summed E-state index contributed by atoms with van der Waals surface area (Å²) in [5.41, 5.74) is 4.97. The number of anilines is 1. The average molecular weight is 316 g/mol. The summed E-state index contributed by atoms with van der Waals surface area (Å²) in [6, 6.07) is 3.88. The van der Waals surface area contributed by atoms with Crippen molar-refractivity contribution in [2.24, 2.45) is 5.73 Å². The molecule has 0 saturated heterocycles. The molecule has 0 heterocycles. The number of benzene rings is 1. The highest BCUT2D eigenvalue weighted by atomic mass is 35.5. The molecular weight excluding hydrogens is 302 g/mol. The summed E-state index contributed by atoms with van der Waals surface area (Å²) in [5, 5.41) is 23.1. The number of carbonyl (C=O) groups is 3. The van der Waals surface area contributed by atoms with Crippen molar-refractivity contribution in [2.45, 2.75) is 6.10 Å². The van der Waals surface area contributed by atoms with Crippen LogP contribution in [-0.2, 0) is 9.59 Å². The van der Waals surface area contributed by atoms with Gasteiger partial charge in [-0.15, -0.1) is 0 Å². The lowest BCUT2D eigenvalue weighted by Crippen LogP contribution is -2.40. The lowest BCUT2D eigenvalue weighted by Gasteiger charge is -2.10. The zero-order valence-corrected chi connectivity index (χ0v) is 11.6. The second-order valence-corrected chi connectivity index (χ2v) is 4.50. The standard InChI is InChI=1S/C12H14ClN3O5/c13-7-2-1-6(12(20)21)3-8(7)16-10(18)5-15-4-9(17)11(14)19/h1-3,9,15,17H,4-5H2,(H2,14,19)(H,16,18)(H,20,21). The molecule has 0 spiro atoms. The highest BCUT2D eigenvalue weighted by Gasteiger charge is 2.12. The third-order valence-corrected chi connectivity index (χ3v) is 2.77. The fraction of sp³-hybridized carbons (Fsp3) is 0.250. The van der Waals surface area contributed by atoms with E-state index in [2.05, 4.69) is 10.6 Å². The van der Waals surface area contributed by atoms with Gasteiger partial charge in [0.25, 0.3) is 0 Å². The van der Waals surface area contributed by atoms with Crippen LogP contribution in [0.15, 0.2) is 18.2 Å². The summed E-state index contributed by atoms with van der Waals surface area (Å²) in [6.07, 6.45) is -1.39. The van der Waals surface area contributed by atoms with E-state index in [9.17, 15) is 14.4 Å². The summed E-state index contributed by atoms with van der Waals surface area (Å²) in [5.74, 6) is -2.57. The Hall–Kier alpha value is -2.16. The van der Waals surface area contributed by atoms with E-state index in [1.54, 1.807) is 0 Å². The molecule has 0 fully saturated rings. The van der Waals surface area contributed by atoms with Gasteiger partial charge in [0.15, 0.2) is 0 Å². The number of hydrogen-bond acceptors (Lipinski definition) is 5. The smallest absolute Gasteiger partial charge is 0.335 e. The van der Waals surface area contributed by atoms with E-state index in [-0.39, 0.29) is 29.4 Å². The number of nitrogens with one attached hydrogen (secondary N) is 2. The van der Waals surface area contributed by atoms with Crippen molar-refractivity contribution < 1.29 is 24.6 Å². The zero-order chi connectivity index (χ0) is 16.0. The van der Waals surface area contributed by atoms with Crippen molar-refractivity contribution in [3.05, 3.63) is 28.8 Å². The first-order valence-electron chi connectivity index (χ1n) is 5.82. The fourth-order valence-corrected chi connectivity index (χ4v) is 1.54. The van der Waals surface area contributed by atoms with Gasteiger partial charge in [-0.1, -0.05) is 11.6 Å². The normalized spacial score (nSPS) is 11.7. The molecule has 1 aromatic carbocycles. The maximum absolute atomic E-state index is 11.6. The van der Waals surface area contributed by atoms with Crippen LogP contribution in [0, 0.1) is 0 Å². The molecule has 0 radical (unpaired) electrons. The quantitative estimate of drug-likeness (QED) is 0.455. The summed E-state index contributed by atoms with van der Waals surface area (Å²) in [7, 11) is 0. The molecule has 114 valence electrons. The minimum Gasteiger partial charge on any atom is -0.478 e. The number of hydrogen-bond donors (Lipinski definition) is 5. The largest absolute Gasteiger partial charge is 0.478 e. The number of aliphatic hydroxyl groups is 1. The number of amides is 2. The van der Waals surface area contributed by atoms with Gasteiger partial charge in [-0.25, -0.2) is 4.79 Å². The maximum atomic E-state index is 11.6. The Kier molecular flexibility index (Phi) is 6.10. The Balaban J connectivity index is 2.57. The first-order valence-corrected chi connectivity index (χ1v) is 6.20. The van der Waals surface area contributed by atoms with Gasteiger partial charge < -0.3 is 26.6 Å². The average Bonchev–Trinajstić information content (AvgIpc) is 2.40. The van der Waals surface area contributed by atoms with Crippen LogP contribution in [0.4, 0.5) is 5.69 Å². The first kappa shape index (κ1) is 16.9. The monoisotopic (exact) mass is 315 g/mol. The first-order chi connectivity index (χ1) is 9.81. The molecule has 1 rings (SSSR count). The number of carbonyl (C=O) groups excluding carboxylic acids is 2. The third kappa shape index (κ3) is 5.38. The van der Waals surface area contributed by atoms with Crippen molar-refractivity contribution in [3.63, 3.8) is 0 Å². The molecule has 0 aliphatic rings. The number of carboxylic acids is 1. The molecule has 1 unspecified atom stereocenters. The van der Waals surface area contributed by atoms with E-state index in [1.165, 1.54) is 18.2 Å². The number of aromatic carboxylic acids is 1. The van der Waals surface area contributed by atoms with Crippen LogP contribution in [0.3, 0.4) is 0 Å². The zero-order valence-electron chi connectivity index (χ0n) is 10.8. The van der Waals surface area contributed by atoms with Crippen molar-refractivity contribution in [3.8, 4) is 0 Å². The number of rotatable bonds is 7. The van der Waals surface area contributed by atoms with Gasteiger partial charge in [0.05, 0.1) is 22.8 Å². The molecule has 9 heteroatoms. The van der Waals surface area contributed by atoms with Crippen LogP contribution in [-0.4, -0.2) is 47.2 Å². The predicted molar refractivity (Wildman–Crippen MR) is 75.1 cm³/mol. The van der Waals surface area contributed by atoms with E-state index < -0.39 is 23.9 Å². The molecule has 0 aliphatic carbocycles. The Bertz CT molecular complexity index is 564. The van der Waals surface area contributed by atoms with E-state index in [4.69, 9.17) is 27.5 Å². The molecule has 0 bridgehead atoms. The van der Waals surface area contributed by atoms with Gasteiger partial charge >= 0.3 is 5.97 Å². The molecule has 0 aromatic heterocycles. The van der Waals surface area contributed by atoms with Crippen molar-refractivity contribution >= 4 is 35.1 Å². The highest BCUT2D eigenvalue weighted by Crippen LogP contribution is 2.22. The summed E-state index contributed by atoms with van der Waals surface area (Å²) >= 11 is 5.84. The molecule has 1 atom stereocenters. The van der Waals surface area contributed by atoms with Crippen LogP contribution in [0.5, 0.6) is 0 Å². The van der Waals surface area contributed by atoms with Crippen LogP contribution in [0.2, 0.25) is 5.02 Å². The van der Waals surface area contributed by atoms with Gasteiger partial charge in [0.1, 0.15) is 6.10 Å². The molecule has 0 aliphatic heterocycles. The topological polar surface area (TPSA) is 142 Å². The fourth-order valence-electron chi connectivity index (χ4n) is 1.37. The van der Waals surface area contributed by atoms with Gasteiger partial charge in [-0.3, -0.25) is 9.59 Å². The van der Waals surface area contributed by atoms with Crippen LogP contribution >= 0.6 is 11.6 Å². The lowest BCUT2D eigenvalue weighted by molar-refractivity contribution is -0.126. The number of carboxylic acid groups (broad SMARTS) is 1. The third-order valence-electron chi connectivity index (χ3n) is 2.44. The van der Waals surface area contributed by atoms with Crippen LogP contribution in [0.1, 0.15) is 10.4 Å². The van der Waals surface area contributed by atoms with E-state index in [0.717, 1.165) is 0 Å². The lowest BCUT2D eigenvalue weighted by atomic mass is 10.2. The molecule has 2 amide bonds. The summed E-state index contributed by atoms with van der Waals surface area (Å²) < 4.78 is 0. The minimum atomic E-state index is -1.39. The van der Waals surface area contributed by atoms with Crippen molar-refractivity contribution in [1.29, 1.82) is 0 Å². The molecule has 0 saturated carbocycles. The number of nitrogens with two attached hydrogens (primary N) is 1. The van der Waals surface area contributed by atoms with Gasteiger partial charge in [-0.05, 0) is 18.2 Å². The molecule has 6 N–H and O–H groups in total. The predicted octanol–water partition coefficient (Wildman–Crippen LogP) is -0.587. The van der Waals surface area contributed by atoms with E-state index in [0.29, 0.717) is 0 Å². The number of halogens is 1. The summed E-state index contributed by atoms with van der Waals surface area (Å²) in [6.45, 7) is -0.385. The maximum Gasteiger partial charge on any atom is 0.335 e. The Labute approximate surface area is 124 Å². The van der Waals surface area contributed by atoms with Crippen LogP contribution in [0.25, 0.3) is 0 Å². The van der Waals surface area contributed by atoms with E-state index >= 15 is 0 Å². The van der Waals surface area contributed by atoms with Gasteiger partial charge in [0.2, 0.25) is 11.8 Å². The summed E-state index contributed by atoms with van der Waals surface area (Å²) in [4.78, 5) is 33.0. The Morgan fingerprint density at radius 1 is 1.33 bits per heavy atom. The van der Waals surface area contributed by atoms with Crippen molar-refractivity contribution in [2.75, 3.05) is 18.4 Å². The second-order valence-electron chi connectivity index (χ2n) is 4.10. The van der Waals surface area contributed by atoms with Gasteiger partial charge in [-0.2, -0.15) is 0 Å². The molecule has 1 aromatic rings. The Morgan fingerprint density at radius 2 is 2.00 bits per heavy atom. The molecule has 8 nitrogen and oxygen atoms in total. The molecule has 21 heavy (non-hydrogen) atoms. The van der Waals surface area contributed by atoms with Gasteiger partial charge in [0, 0.05) is 6.54 Å². The van der Waals surface area contributed by atoms with E-state index in [1.807, 2.05) is 0 Å². The Morgan fingerprint density at radius 3 is 2.57 bits per heavy atom.